The Balaban J connectivity index is 1.55. The van der Waals surface area contributed by atoms with Crippen molar-refractivity contribution in [2.75, 3.05) is 6.54 Å². The second-order valence-electron chi connectivity index (χ2n) is 5.68. The van der Waals surface area contributed by atoms with E-state index in [0.29, 0.717) is 19.4 Å². The van der Waals surface area contributed by atoms with Crippen molar-refractivity contribution < 1.29 is 14.4 Å². The van der Waals surface area contributed by atoms with E-state index in [1.807, 2.05) is 11.4 Å². The standard InChI is InChI=1S/C15H18N2O3S/c18-11(12-6-4-10-21-12)5-3-9-17-13(19)15(16-14(17)20)7-1-2-8-15/h4,6,10H,1-3,5,7-9H2,(H,16,20). The predicted molar refractivity (Wildman–Crippen MR) is 79.3 cm³/mol. The van der Waals surface area contributed by atoms with Crippen molar-refractivity contribution in [3.63, 3.8) is 0 Å². The molecule has 1 aliphatic carbocycles. The second kappa shape index (κ2) is 5.60. The highest BCUT2D eigenvalue weighted by atomic mass is 32.1. The summed E-state index contributed by atoms with van der Waals surface area (Å²) >= 11 is 1.42. The van der Waals surface area contributed by atoms with E-state index >= 15 is 0 Å². The number of hydrogen-bond donors (Lipinski definition) is 1. The Bertz CT molecular complexity index is 561. The van der Waals surface area contributed by atoms with Gasteiger partial charge in [0.1, 0.15) is 5.54 Å². The topological polar surface area (TPSA) is 66.5 Å². The summed E-state index contributed by atoms with van der Waals surface area (Å²) in [5.74, 6) is -0.0267. The maximum atomic E-state index is 12.4. The minimum Gasteiger partial charge on any atom is -0.323 e. The molecule has 112 valence electrons. The van der Waals surface area contributed by atoms with Gasteiger partial charge >= 0.3 is 6.03 Å². The molecule has 2 fully saturated rings. The Morgan fingerprint density at radius 1 is 1.33 bits per heavy atom. The zero-order valence-corrected chi connectivity index (χ0v) is 12.6. The fourth-order valence-corrected chi connectivity index (χ4v) is 3.85. The molecule has 5 nitrogen and oxygen atoms in total. The summed E-state index contributed by atoms with van der Waals surface area (Å²) in [5.41, 5.74) is -0.644. The summed E-state index contributed by atoms with van der Waals surface area (Å²) in [6, 6.07) is 3.35. The maximum Gasteiger partial charge on any atom is 0.325 e. The molecule has 21 heavy (non-hydrogen) atoms. The van der Waals surface area contributed by atoms with E-state index in [9.17, 15) is 14.4 Å². The van der Waals surface area contributed by atoms with E-state index < -0.39 is 5.54 Å². The van der Waals surface area contributed by atoms with Crippen LogP contribution in [-0.2, 0) is 4.79 Å². The number of ketones is 1. The van der Waals surface area contributed by atoms with Gasteiger partial charge in [0, 0.05) is 13.0 Å². The zero-order valence-electron chi connectivity index (χ0n) is 11.8. The summed E-state index contributed by atoms with van der Waals surface area (Å²) in [7, 11) is 0. The Kier molecular flexibility index (Phi) is 3.80. The first-order valence-corrected chi connectivity index (χ1v) is 8.21. The Hall–Kier alpha value is -1.69. The highest BCUT2D eigenvalue weighted by Crippen LogP contribution is 2.35. The molecule has 2 aliphatic rings. The summed E-state index contributed by atoms with van der Waals surface area (Å²) < 4.78 is 0. The van der Waals surface area contributed by atoms with Crippen LogP contribution < -0.4 is 5.32 Å². The van der Waals surface area contributed by atoms with Crippen LogP contribution >= 0.6 is 11.3 Å². The third-order valence-corrected chi connectivity index (χ3v) is 5.20. The zero-order chi connectivity index (χ0) is 14.9. The van der Waals surface area contributed by atoms with Gasteiger partial charge in [0.15, 0.2) is 5.78 Å². The molecule has 1 saturated heterocycles. The molecule has 6 heteroatoms. The molecule has 3 amide bonds. The highest BCUT2D eigenvalue weighted by molar-refractivity contribution is 7.12. The number of carbonyl (C=O) groups excluding carboxylic acids is 3. The SMILES string of the molecule is O=C(CCCN1C(=O)NC2(CCCC2)C1=O)c1cccs1. The van der Waals surface area contributed by atoms with Crippen molar-refractivity contribution in [3.05, 3.63) is 22.4 Å². The third-order valence-electron chi connectivity index (χ3n) is 4.28. The van der Waals surface area contributed by atoms with E-state index in [0.717, 1.165) is 30.6 Å². The van der Waals surface area contributed by atoms with Gasteiger partial charge in [-0.25, -0.2) is 4.79 Å². The van der Waals surface area contributed by atoms with Gasteiger partial charge in [0.25, 0.3) is 5.91 Å². The number of Topliss-reactive ketones (excluding diaryl/α,β-unsaturated/α-hetero) is 1. The van der Waals surface area contributed by atoms with Crippen molar-refractivity contribution in [1.29, 1.82) is 0 Å². The fourth-order valence-electron chi connectivity index (χ4n) is 3.15. The van der Waals surface area contributed by atoms with Crippen molar-refractivity contribution in [2.24, 2.45) is 0 Å². The first-order chi connectivity index (χ1) is 10.1. The number of carbonyl (C=O) groups is 3. The summed E-state index contributed by atoms with van der Waals surface area (Å²) in [6.45, 7) is 0.323. The van der Waals surface area contributed by atoms with Crippen molar-refractivity contribution >= 4 is 29.1 Å². The van der Waals surface area contributed by atoms with Crippen LogP contribution in [0.3, 0.4) is 0 Å². The molecule has 1 aromatic rings. The van der Waals surface area contributed by atoms with Gasteiger partial charge in [-0.2, -0.15) is 0 Å². The van der Waals surface area contributed by atoms with Crippen molar-refractivity contribution in [2.45, 2.75) is 44.1 Å². The first-order valence-electron chi connectivity index (χ1n) is 7.33. The van der Waals surface area contributed by atoms with Crippen LogP contribution in [0.2, 0.25) is 0 Å². The minimum absolute atomic E-state index is 0.0765. The highest BCUT2D eigenvalue weighted by Gasteiger charge is 2.51. The van der Waals surface area contributed by atoms with Crippen LogP contribution in [0.4, 0.5) is 4.79 Å². The minimum atomic E-state index is -0.644. The monoisotopic (exact) mass is 306 g/mol. The van der Waals surface area contributed by atoms with E-state index in [4.69, 9.17) is 0 Å². The van der Waals surface area contributed by atoms with Crippen LogP contribution in [0.25, 0.3) is 0 Å². The van der Waals surface area contributed by atoms with E-state index in [2.05, 4.69) is 5.32 Å². The molecular formula is C15H18N2O3S. The van der Waals surface area contributed by atoms with Gasteiger partial charge in [-0.3, -0.25) is 14.5 Å². The largest absolute Gasteiger partial charge is 0.325 e. The lowest BCUT2D eigenvalue weighted by atomic mass is 9.98. The molecule has 2 heterocycles. The fraction of sp³-hybridized carbons (Fsp3) is 0.533. The number of nitrogens with zero attached hydrogens (tertiary/aromatic N) is 1. The molecule has 0 aromatic carbocycles. The smallest absolute Gasteiger partial charge is 0.323 e. The second-order valence-corrected chi connectivity index (χ2v) is 6.63. The molecule has 1 spiro atoms. The quantitative estimate of drug-likeness (QED) is 0.671. The Labute approximate surface area is 127 Å². The van der Waals surface area contributed by atoms with Gasteiger partial charge in [-0.15, -0.1) is 11.3 Å². The molecular weight excluding hydrogens is 288 g/mol. The molecule has 1 saturated carbocycles. The average Bonchev–Trinajstić information content (AvgIpc) is 3.17. The summed E-state index contributed by atoms with van der Waals surface area (Å²) in [4.78, 5) is 38.3. The molecule has 1 aliphatic heterocycles. The number of rotatable bonds is 5. The molecule has 0 unspecified atom stereocenters. The van der Waals surface area contributed by atoms with Gasteiger partial charge in [-0.05, 0) is 30.7 Å². The van der Waals surface area contributed by atoms with E-state index in [1.165, 1.54) is 16.2 Å². The first kappa shape index (κ1) is 14.3. The molecule has 0 atom stereocenters. The molecule has 1 N–H and O–H groups in total. The summed E-state index contributed by atoms with van der Waals surface area (Å²) in [6.07, 6.45) is 4.33. The summed E-state index contributed by atoms with van der Waals surface area (Å²) in [5, 5.41) is 4.72. The normalized spacial score (nSPS) is 20.3. The van der Waals surface area contributed by atoms with Crippen LogP contribution in [0.5, 0.6) is 0 Å². The Morgan fingerprint density at radius 2 is 2.10 bits per heavy atom. The van der Waals surface area contributed by atoms with Gasteiger partial charge < -0.3 is 5.32 Å². The van der Waals surface area contributed by atoms with Gasteiger partial charge in [0.2, 0.25) is 0 Å². The number of imide groups is 1. The van der Waals surface area contributed by atoms with Crippen LogP contribution in [0, 0.1) is 0 Å². The van der Waals surface area contributed by atoms with E-state index in [1.54, 1.807) is 6.07 Å². The lowest BCUT2D eigenvalue weighted by Crippen LogP contribution is -2.44. The van der Waals surface area contributed by atoms with Crippen molar-refractivity contribution in [1.82, 2.24) is 10.2 Å². The van der Waals surface area contributed by atoms with Gasteiger partial charge in [-0.1, -0.05) is 18.9 Å². The van der Waals surface area contributed by atoms with Gasteiger partial charge in [0.05, 0.1) is 4.88 Å². The molecule has 3 rings (SSSR count). The van der Waals surface area contributed by atoms with E-state index in [-0.39, 0.29) is 17.7 Å². The molecule has 1 aromatic heterocycles. The Morgan fingerprint density at radius 3 is 2.76 bits per heavy atom. The van der Waals surface area contributed by atoms with Crippen LogP contribution in [0.1, 0.15) is 48.2 Å². The molecule has 0 bridgehead atoms. The van der Waals surface area contributed by atoms with Crippen LogP contribution in [-0.4, -0.2) is 34.7 Å². The third kappa shape index (κ3) is 2.60. The predicted octanol–water partition coefficient (Wildman–Crippen LogP) is 2.58. The number of hydrogen-bond acceptors (Lipinski definition) is 4. The lowest BCUT2D eigenvalue weighted by molar-refractivity contribution is -0.131. The average molecular weight is 306 g/mol. The van der Waals surface area contributed by atoms with Crippen molar-refractivity contribution in [3.8, 4) is 0 Å². The maximum absolute atomic E-state index is 12.4. The number of amides is 3. The number of urea groups is 1. The lowest BCUT2D eigenvalue weighted by Gasteiger charge is -2.19. The molecule has 0 radical (unpaired) electrons. The number of nitrogens with one attached hydrogen (secondary N) is 1. The number of thiophene rings is 1. The van der Waals surface area contributed by atoms with Crippen LogP contribution in [0.15, 0.2) is 17.5 Å².